The van der Waals surface area contributed by atoms with Gasteiger partial charge in [0.15, 0.2) is 0 Å². The summed E-state index contributed by atoms with van der Waals surface area (Å²) >= 11 is 0. The van der Waals surface area contributed by atoms with Gasteiger partial charge in [-0.25, -0.2) is 0 Å². The Morgan fingerprint density at radius 1 is 1.29 bits per heavy atom. The highest BCUT2D eigenvalue weighted by Gasteiger charge is 2.16. The largest absolute Gasteiger partial charge is 0.393 e. The molecule has 0 aromatic heterocycles. The highest BCUT2D eigenvalue weighted by molar-refractivity contribution is 5.36. The molecule has 1 N–H and O–H groups in total. The number of fused-ring (bicyclic) bond motifs is 1. The van der Waals surface area contributed by atoms with Crippen LogP contribution in [-0.4, -0.2) is 11.2 Å². The molecule has 1 nitrogen and oxygen atoms in total. The molecule has 1 aromatic rings. The van der Waals surface area contributed by atoms with Crippen molar-refractivity contribution >= 4 is 0 Å². The lowest BCUT2D eigenvalue weighted by Crippen LogP contribution is -2.19. The van der Waals surface area contributed by atoms with Gasteiger partial charge in [-0.15, -0.1) is 0 Å². The first kappa shape index (κ1) is 11.3. The summed E-state index contributed by atoms with van der Waals surface area (Å²) in [6.07, 6.45) is 2.71. The molecule has 0 bridgehead atoms. The first-order chi connectivity index (χ1) is 6.77. The maximum atomic E-state index is 9.45. The second kappa shape index (κ2) is 5.16. The quantitative estimate of drug-likeness (QED) is 0.670. The van der Waals surface area contributed by atoms with E-state index in [0.29, 0.717) is 0 Å². The normalized spacial score (nSPS) is 19.3. The first-order valence-corrected chi connectivity index (χ1v) is 5.53. The van der Waals surface area contributed by atoms with Crippen LogP contribution in [-0.2, 0) is 12.8 Å². The lowest BCUT2D eigenvalue weighted by Gasteiger charge is -2.21. The average molecular weight is 192 g/mol. The van der Waals surface area contributed by atoms with Gasteiger partial charge >= 0.3 is 0 Å². The molecule has 1 heteroatoms. The molecule has 78 valence electrons. The topological polar surface area (TPSA) is 20.2 Å². The minimum atomic E-state index is -0.112. The third-order valence-corrected chi connectivity index (χ3v) is 2.69. The van der Waals surface area contributed by atoms with E-state index < -0.39 is 0 Å². The van der Waals surface area contributed by atoms with E-state index in [0.717, 1.165) is 19.3 Å². The summed E-state index contributed by atoms with van der Waals surface area (Å²) in [6.45, 7) is 6.15. The zero-order valence-electron chi connectivity index (χ0n) is 9.38. The number of aryl methyl sites for hydroxylation is 1. The monoisotopic (exact) mass is 192 g/mol. The molecule has 1 unspecified atom stereocenters. The van der Waals surface area contributed by atoms with Gasteiger partial charge in [-0.2, -0.15) is 0 Å². The standard InChI is InChI=1S/C11H14O.C2H6/c1-8-3-2-4-9-7-10(12)5-6-11(8)9;1-2/h2-4,10,12H,5-7H2,1H3;1-2H3. The Balaban J connectivity index is 0.000000461. The van der Waals surface area contributed by atoms with Gasteiger partial charge in [0.25, 0.3) is 0 Å². The predicted molar refractivity (Wildman–Crippen MR) is 60.6 cm³/mol. The van der Waals surface area contributed by atoms with Gasteiger partial charge in [0.1, 0.15) is 0 Å². The fraction of sp³-hybridized carbons (Fsp3) is 0.538. The summed E-state index contributed by atoms with van der Waals surface area (Å²) in [6, 6.07) is 6.35. The van der Waals surface area contributed by atoms with Crippen LogP contribution in [0.5, 0.6) is 0 Å². The zero-order valence-corrected chi connectivity index (χ0v) is 9.38. The Morgan fingerprint density at radius 3 is 2.71 bits per heavy atom. The fourth-order valence-electron chi connectivity index (χ4n) is 1.98. The van der Waals surface area contributed by atoms with Crippen LogP contribution < -0.4 is 0 Å². The van der Waals surface area contributed by atoms with Gasteiger partial charge in [0.2, 0.25) is 0 Å². The minimum Gasteiger partial charge on any atom is -0.393 e. The highest BCUT2D eigenvalue weighted by Crippen LogP contribution is 2.23. The van der Waals surface area contributed by atoms with Crippen molar-refractivity contribution < 1.29 is 5.11 Å². The molecular weight excluding hydrogens is 172 g/mol. The van der Waals surface area contributed by atoms with Crippen LogP contribution in [0.4, 0.5) is 0 Å². The molecule has 0 spiro atoms. The van der Waals surface area contributed by atoms with Crippen molar-refractivity contribution in [2.45, 2.75) is 46.1 Å². The summed E-state index contributed by atoms with van der Waals surface area (Å²) in [7, 11) is 0. The maximum Gasteiger partial charge on any atom is 0.0583 e. The number of aliphatic hydroxyl groups is 1. The highest BCUT2D eigenvalue weighted by atomic mass is 16.3. The second-order valence-electron chi connectivity index (χ2n) is 3.61. The van der Waals surface area contributed by atoms with Crippen molar-refractivity contribution in [3.8, 4) is 0 Å². The number of benzene rings is 1. The zero-order chi connectivity index (χ0) is 10.6. The van der Waals surface area contributed by atoms with Crippen LogP contribution in [0.2, 0.25) is 0 Å². The van der Waals surface area contributed by atoms with Gasteiger partial charge in [-0.05, 0) is 42.9 Å². The van der Waals surface area contributed by atoms with Crippen LogP contribution in [0.15, 0.2) is 18.2 Å². The van der Waals surface area contributed by atoms with Crippen LogP contribution in [0.1, 0.15) is 37.0 Å². The van der Waals surface area contributed by atoms with E-state index in [-0.39, 0.29) is 6.10 Å². The van der Waals surface area contributed by atoms with Gasteiger partial charge in [0, 0.05) is 0 Å². The summed E-state index contributed by atoms with van der Waals surface area (Å²) < 4.78 is 0. The summed E-state index contributed by atoms with van der Waals surface area (Å²) in [5, 5.41) is 9.45. The number of rotatable bonds is 0. The van der Waals surface area contributed by atoms with E-state index in [4.69, 9.17) is 0 Å². The van der Waals surface area contributed by atoms with Crippen LogP contribution in [0, 0.1) is 6.92 Å². The van der Waals surface area contributed by atoms with Crippen LogP contribution >= 0.6 is 0 Å². The second-order valence-corrected chi connectivity index (χ2v) is 3.61. The van der Waals surface area contributed by atoms with E-state index in [2.05, 4.69) is 25.1 Å². The SMILES string of the molecule is CC.Cc1cccc2c1CCC(O)C2. The van der Waals surface area contributed by atoms with Crippen molar-refractivity contribution in [2.75, 3.05) is 0 Å². The van der Waals surface area contributed by atoms with Gasteiger partial charge in [-0.3, -0.25) is 0 Å². The molecule has 0 saturated carbocycles. The molecule has 0 heterocycles. The van der Waals surface area contributed by atoms with E-state index in [9.17, 15) is 5.11 Å². The predicted octanol–water partition coefficient (Wildman–Crippen LogP) is 2.87. The fourth-order valence-corrected chi connectivity index (χ4v) is 1.98. The molecule has 0 fully saturated rings. The first-order valence-electron chi connectivity index (χ1n) is 5.53. The third kappa shape index (κ3) is 2.36. The number of hydrogen-bond donors (Lipinski definition) is 1. The Hall–Kier alpha value is -0.820. The average Bonchev–Trinajstić information content (AvgIpc) is 2.21. The lowest BCUT2D eigenvalue weighted by molar-refractivity contribution is 0.158. The van der Waals surface area contributed by atoms with Gasteiger partial charge in [0.05, 0.1) is 6.10 Å². The summed E-state index contributed by atoms with van der Waals surface area (Å²) in [5.74, 6) is 0. The van der Waals surface area contributed by atoms with Crippen molar-refractivity contribution in [1.29, 1.82) is 0 Å². The molecule has 0 aliphatic heterocycles. The minimum absolute atomic E-state index is 0.112. The van der Waals surface area contributed by atoms with Crippen molar-refractivity contribution in [1.82, 2.24) is 0 Å². The Bertz CT molecular complexity index is 291. The molecule has 0 amide bonds. The molecule has 2 rings (SSSR count). The molecule has 1 aliphatic rings. The van der Waals surface area contributed by atoms with E-state index in [1.807, 2.05) is 13.8 Å². The van der Waals surface area contributed by atoms with Crippen molar-refractivity contribution in [2.24, 2.45) is 0 Å². The van der Waals surface area contributed by atoms with Gasteiger partial charge in [-0.1, -0.05) is 32.0 Å². The van der Waals surface area contributed by atoms with Crippen molar-refractivity contribution in [3.05, 3.63) is 34.9 Å². The third-order valence-electron chi connectivity index (χ3n) is 2.69. The maximum absolute atomic E-state index is 9.45. The Morgan fingerprint density at radius 2 is 2.00 bits per heavy atom. The molecule has 1 aliphatic carbocycles. The van der Waals surface area contributed by atoms with E-state index in [1.54, 1.807) is 0 Å². The number of hydrogen-bond acceptors (Lipinski definition) is 1. The van der Waals surface area contributed by atoms with E-state index in [1.165, 1.54) is 16.7 Å². The Kier molecular flexibility index (Phi) is 4.15. The van der Waals surface area contributed by atoms with Crippen molar-refractivity contribution in [3.63, 3.8) is 0 Å². The van der Waals surface area contributed by atoms with Gasteiger partial charge < -0.3 is 5.11 Å². The molecule has 14 heavy (non-hydrogen) atoms. The van der Waals surface area contributed by atoms with Crippen LogP contribution in [0.25, 0.3) is 0 Å². The molecule has 1 aromatic carbocycles. The smallest absolute Gasteiger partial charge is 0.0583 e. The molecule has 0 saturated heterocycles. The number of aliphatic hydroxyl groups excluding tert-OH is 1. The van der Waals surface area contributed by atoms with E-state index >= 15 is 0 Å². The lowest BCUT2D eigenvalue weighted by atomic mass is 9.87. The summed E-state index contributed by atoms with van der Waals surface area (Å²) in [5.41, 5.74) is 4.18. The summed E-state index contributed by atoms with van der Waals surface area (Å²) in [4.78, 5) is 0. The Labute approximate surface area is 86.8 Å². The molecular formula is C13H20O. The van der Waals surface area contributed by atoms with Crippen LogP contribution in [0.3, 0.4) is 0 Å². The molecule has 1 atom stereocenters. The molecule has 0 radical (unpaired) electrons.